The first-order valence-electron chi connectivity index (χ1n) is 10.2. The van der Waals surface area contributed by atoms with Crippen molar-refractivity contribution in [3.63, 3.8) is 0 Å². The van der Waals surface area contributed by atoms with Gasteiger partial charge in [-0.3, -0.25) is 9.69 Å². The van der Waals surface area contributed by atoms with E-state index in [0.29, 0.717) is 23.8 Å². The van der Waals surface area contributed by atoms with Crippen molar-refractivity contribution in [2.45, 2.75) is 26.3 Å². The Hall–Kier alpha value is -3.18. The van der Waals surface area contributed by atoms with Gasteiger partial charge in [-0.25, -0.2) is 4.98 Å². The third-order valence-electron chi connectivity index (χ3n) is 4.79. The number of unbranched alkanes of at least 4 members (excludes halogenated alkanes) is 1. The number of ether oxygens (including phenoxy) is 1. The number of fused-ring (bicyclic) bond motifs is 1. The number of carbonyl (C=O) groups is 1. The highest BCUT2D eigenvalue weighted by atomic mass is 32.1. The van der Waals surface area contributed by atoms with E-state index in [1.54, 1.807) is 4.90 Å². The fourth-order valence-electron chi connectivity index (χ4n) is 3.18. The maximum Gasteiger partial charge on any atom is 0.260 e. The Labute approximate surface area is 180 Å². The summed E-state index contributed by atoms with van der Waals surface area (Å²) >= 11 is 1.53. The highest BCUT2D eigenvalue weighted by Gasteiger charge is 2.22. The second-order valence-electron chi connectivity index (χ2n) is 7.07. The van der Waals surface area contributed by atoms with Crippen LogP contribution in [-0.2, 0) is 6.54 Å². The van der Waals surface area contributed by atoms with Crippen molar-refractivity contribution in [1.82, 2.24) is 4.98 Å². The van der Waals surface area contributed by atoms with Crippen molar-refractivity contribution < 1.29 is 9.53 Å². The molecule has 0 spiro atoms. The van der Waals surface area contributed by atoms with Crippen LogP contribution in [0.2, 0.25) is 0 Å². The van der Waals surface area contributed by atoms with Gasteiger partial charge in [-0.1, -0.05) is 73.2 Å². The number of nitrogens with zero attached hydrogens (tertiary/aromatic N) is 2. The lowest BCUT2D eigenvalue weighted by atomic mass is 10.1. The third kappa shape index (κ3) is 4.69. The summed E-state index contributed by atoms with van der Waals surface area (Å²) in [7, 11) is 0. The Bertz CT molecular complexity index is 1090. The summed E-state index contributed by atoms with van der Waals surface area (Å²) in [6.07, 6.45) is 2.06. The number of benzene rings is 3. The number of carbonyl (C=O) groups excluding carboxylic acids is 1. The molecule has 0 unspecified atom stereocenters. The molecule has 0 N–H and O–H groups in total. The van der Waals surface area contributed by atoms with Crippen LogP contribution in [0, 0.1) is 0 Å². The molecule has 4 rings (SSSR count). The summed E-state index contributed by atoms with van der Waals surface area (Å²) in [5, 5.41) is 0.697. The second kappa shape index (κ2) is 9.55. The number of thiazole rings is 1. The van der Waals surface area contributed by atoms with E-state index < -0.39 is 0 Å². The molecule has 4 nitrogen and oxygen atoms in total. The van der Waals surface area contributed by atoms with Gasteiger partial charge in [0.05, 0.1) is 23.4 Å². The summed E-state index contributed by atoms with van der Waals surface area (Å²) in [4.78, 5) is 20.0. The van der Waals surface area contributed by atoms with Crippen LogP contribution < -0.4 is 9.64 Å². The maximum atomic E-state index is 13.5. The normalized spacial score (nSPS) is 10.8. The van der Waals surface area contributed by atoms with E-state index in [9.17, 15) is 4.79 Å². The lowest BCUT2D eigenvalue weighted by Crippen LogP contribution is -2.30. The van der Waals surface area contributed by atoms with E-state index in [1.165, 1.54) is 11.3 Å². The zero-order valence-corrected chi connectivity index (χ0v) is 17.8. The monoisotopic (exact) mass is 416 g/mol. The fraction of sp³-hybridized carbons (Fsp3) is 0.200. The highest BCUT2D eigenvalue weighted by Crippen LogP contribution is 2.31. The number of para-hydroxylation sites is 1. The molecule has 4 aromatic rings. The summed E-state index contributed by atoms with van der Waals surface area (Å²) in [6, 6.07) is 25.4. The van der Waals surface area contributed by atoms with Gasteiger partial charge in [-0.2, -0.15) is 0 Å². The molecule has 0 aliphatic carbocycles. The van der Waals surface area contributed by atoms with E-state index in [-0.39, 0.29) is 5.91 Å². The van der Waals surface area contributed by atoms with Crippen LogP contribution >= 0.6 is 11.3 Å². The molecule has 0 fully saturated rings. The minimum Gasteiger partial charge on any atom is -0.494 e. The van der Waals surface area contributed by atoms with Crippen LogP contribution in [0.1, 0.15) is 35.7 Å². The van der Waals surface area contributed by atoms with Crippen molar-refractivity contribution in [2.75, 3.05) is 11.5 Å². The Balaban J connectivity index is 1.66. The molecule has 0 aliphatic heterocycles. The molecule has 1 aromatic heterocycles. The van der Waals surface area contributed by atoms with Gasteiger partial charge >= 0.3 is 0 Å². The first-order chi connectivity index (χ1) is 14.7. The van der Waals surface area contributed by atoms with Crippen molar-refractivity contribution in [1.29, 1.82) is 0 Å². The molecule has 0 saturated heterocycles. The third-order valence-corrected chi connectivity index (χ3v) is 5.85. The fourth-order valence-corrected chi connectivity index (χ4v) is 4.14. The number of aromatic nitrogens is 1. The molecule has 1 heterocycles. The lowest BCUT2D eigenvalue weighted by molar-refractivity contribution is 0.0984. The van der Waals surface area contributed by atoms with E-state index in [1.807, 2.05) is 78.9 Å². The van der Waals surface area contributed by atoms with Gasteiger partial charge in [0, 0.05) is 5.56 Å². The molecule has 30 heavy (non-hydrogen) atoms. The van der Waals surface area contributed by atoms with Gasteiger partial charge in [-0.15, -0.1) is 0 Å². The SMILES string of the molecule is CCCCOc1cccc(C(=O)N(Cc2ccccc2)c2nc3ccccc3s2)c1. The Morgan fingerprint density at radius 3 is 2.60 bits per heavy atom. The molecule has 0 saturated carbocycles. The van der Waals surface area contributed by atoms with Crippen LogP contribution in [0.15, 0.2) is 78.9 Å². The number of hydrogen-bond acceptors (Lipinski definition) is 4. The van der Waals surface area contributed by atoms with Gasteiger partial charge in [0.15, 0.2) is 5.13 Å². The van der Waals surface area contributed by atoms with Crippen LogP contribution in [0.3, 0.4) is 0 Å². The zero-order valence-electron chi connectivity index (χ0n) is 17.0. The summed E-state index contributed by atoms with van der Waals surface area (Å²) in [6.45, 7) is 3.24. The molecular weight excluding hydrogens is 392 g/mol. The molecule has 0 aliphatic rings. The summed E-state index contributed by atoms with van der Waals surface area (Å²) in [5.41, 5.74) is 2.56. The average Bonchev–Trinajstić information content (AvgIpc) is 3.22. The highest BCUT2D eigenvalue weighted by molar-refractivity contribution is 7.22. The average molecular weight is 417 g/mol. The van der Waals surface area contributed by atoms with Gasteiger partial charge in [0.2, 0.25) is 0 Å². The van der Waals surface area contributed by atoms with E-state index in [2.05, 4.69) is 6.92 Å². The van der Waals surface area contributed by atoms with Crippen LogP contribution in [-0.4, -0.2) is 17.5 Å². The van der Waals surface area contributed by atoms with Gasteiger partial charge in [0.25, 0.3) is 5.91 Å². The second-order valence-corrected chi connectivity index (χ2v) is 8.08. The maximum absolute atomic E-state index is 13.5. The van der Waals surface area contributed by atoms with Crippen molar-refractivity contribution in [3.8, 4) is 5.75 Å². The van der Waals surface area contributed by atoms with E-state index in [0.717, 1.165) is 34.4 Å². The quantitative estimate of drug-likeness (QED) is 0.316. The Morgan fingerprint density at radius 1 is 1.00 bits per heavy atom. The first-order valence-corrected chi connectivity index (χ1v) is 11.0. The van der Waals surface area contributed by atoms with E-state index in [4.69, 9.17) is 9.72 Å². The molecule has 0 radical (unpaired) electrons. The van der Waals surface area contributed by atoms with Crippen molar-refractivity contribution >= 4 is 32.6 Å². The van der Waals surface area contributed by atoms with Crippen LogP contribution in [0.25, 0.3) is 10.2 Å². The number of hydrogen-bond donors (Lipinski definition) is 0. The van der Waals surface area contributed by atoms with Crippen molar-refractivity contribution in [3.05, 3.63) is 90.0 Å². The first kappa shape index (κ1) is 20.1. The van der Waals surface area contributed by atoms with Gasteiger partial charge in [-0.05, 0) is 42.3 Å². The molecule has 1 amide bonds. The van der Waals surface area contributed by atoms with Crippen LogP contribution in [0.4, 0.5) is 5.13 Å². The Kier molecular flexibility index (Phi) is 6.40. The minimum atomic E-state index is -0.0844. The number of rotatable bonds is 8. The van der Waals surface area contributed by atoms with Crippen LogP contribution in [0.5, 0.6) is 5.75 Å². The zero-order chi connectivity index (χ0) is 20.8. The number of amides is 1. The molecule has 0 bridgehead atoms. The molecule has 0 atom stereocenters. The predicted molar refractivity (Wildman–Crippen MR) is 123 cm³/mol. The summed E-state index contributed by atoms with van der Waals surface area (Å²) < 4.78 is 6.87. The lowest BCUT2D eigenvalue weighted by Gasteiger charge is -2.20. The molecule has 152 valence electrons. The molecule has 5 heteroatoms. The number of anilines is 1. The molecule has 3 aromatic carbocycles. The Morgan fingerprint density at radius 2 is 1.80 bits per heavy atom. The van der Waals surface area contributed by atoms with Gasteiger partial charge in [0.1, 0.15) is 5.75 Å². The topological polar surface area (TPSA) is 42.4 Å². The largest absolute Gasteiger partial charge is 0.494 e. The standard InChI is InChI=1S/C25H24N2O2S/c1-2-3-16-29-21-13-9-12-20(17-21)24(28)27(18-19-10-5-4-6-11-19)25-26-22-14-7-8-15-23(22)30-25/h4-15,17H,2-3,16,18H2,1H3. The minimum absolute atomic E-state index is 0.0844. The smallest absolute Gasteiger partial charge is 0.260 e. The van der Waals surface area contributed by atoms with Gasteiger partial charge < -0.3 is 4.74 Å². The predicted octanol–water partition coefficient (Wildman–Crippen LogP) is 6.32. The van der Waals surface area contributed by atoms with Crippen molar-refractivity contribution in [2.24, 2.45) is 0 Å². The molecular formula is C25H24N2O2S. The van der Waals surface area contributed by atoms with E-state index >= 15 is 0 Å². The summed E-state index contributed by atoms with van der Waals surface area (Å²) in [5.74, 6) is 0.636.